The van der Waals surface area contributed by atoms with Crippen LogP contribution in [-0.4, -0.2) is 13.1 Å². The minimum absolute atomic E-state index is 1.14. The highest BCUT2D eigenvalue weighted by molar-refractivity contribution is 5.22. The lowest BCUT2D eigenvalue weighted by atomic mass is 10.1. The number of benzene rings is 1. The van der Waals surface area contributed by atoms with Gasteiger partial charge in [0.25, 0.3) is 0 Å². The van der Waals surface area contributed by atoms with Crippen LogP contribution in [0.3, 0.4) is 0 Å². The first-order chi connectivity index (χ1) is 7.86. The second-order valence-electron chi connectivity index (χ2n) is 4.38. The fraction of sp³-hybridized carbons (Fsp3) is 0.600. The summed E-state index contributed by atoms with van der Waals surface area (Å²) in [4.78, 5) is 0. The molecule has 0 spiro atoms. The van der Waals surface area contributed by atoms with Gasteiger partial charge in [0.2, 0.25) is 0 Å². The fourth-order valence-corrected chi connectivity index (χ4v) is 1.82. The zero-order chi connectivity index (χ0) is 11.6. The highest BCUT2D eigenvalue weighted by Gasteiger charge is 1.94. The molecule has 1 rings (SSSR count). The van der Waals surface area contributed by atoms with Crippen LogP contribution in [0.2, 0.25) is 0 Å². The standard InChI is InChI=1S/C15H25N/c1-3-12-16-13-6-5-7-15-10-8-14(4-2)9-11-15/h8-11,16H,3-7,12-13H2,1-2H3. The van der Waals surface area contributed by atoms with Gasteiger partial charge >= 0.3 is 0 Å². The third-order valence-corrected chi connectivity index (χ3v) is 2.93. The van der Waals surface area contributed by atoms with E-state index in [-0.39, 0.29) is 0 Å². The molecule has 0 amide bonds. The molecule has 0 aliphatic carbocycles. The van der Waals surface area contributed by atoms with Gasteiger partial charge in [-0.2, -0.15) is 0 Å². The van der Waals surface area contributed by atoms with E-state index in [1.165, 1.54) is 43.4 Å². The van der Waals surface area contributed by atoms with Crippen molar-refractivity contribution in [2.24, 2.45) is 0 Å². The molecule has 1 aromatic rings. The van der Waals surface area contributed by atoms with Gasteiger partial charge in [0.15, 0.2) is 0 Å². The molecule has 1 nitrogen and oxygen atoms in total. The Morgan fingerprint density at radius 1 is 0.875 bits per heavy atom. The number of nitrogens with one attached hydrogen (secondary N) is 1. The third kappa shape index (κ3) is 5.32. The van der Waals surface area contributed by atoms with Crippen molar-refractivity contribution in [3.63, 3.8) is 0 Å². The van der Waals surface area contributed by atoms with E-state index >= 15 is 0 Å². The molecule has 16 heavy (non-hydrogen) atoms. The second kappa shape index (κ2) is 8.35. The summed E-state index contributed by atoms with van der Waals surface area (Å²) in [6.45, 7) is 6.74. The summed E-state index contributed by atoms with van der Waals surface area (Å²) in [5.41, 5.74) is 2.92. The SMILES string of the molecule is CCCNCCCCc1ccc(CC)cc1. The topological polar surface area (TPSA) is 12.0 Å². The normalized spacial score (nSPS) is 10.6. The van der Waals surface area contributed by atoms with Crippen molar-refractivity contribution in [2.45, 2.75) is 46.0 Å². The van der Waals surface area contributed by atoms with Gasteiger partial charge in [0, 0.05) is 0 Å². The maximum atomic E-state index is 3.44. The summed E-state index contributed by atoms with van der Waals surface area (Å²) in [5, 5.41) is 3.44. The van der Waals surface area contributed by atoms with E-state index in [1.54, 1.807) is 0 Å². The Kier molecular flexibility index (Phi) is 6.91. The summed E-state index contributed by atoms with van der Waals surface area (Å²) in [6, 6.07) is 9.06. The molecule has 90 valence electrons. The molecule has 0 saturated heterocycles. The first-order valence-electron chi connectivity index (χ1n) is 6.65. The van der Waals surface area contributed by atoms with E-state index in [2.05, 4.69) is 43.4 Å². The van der Waals surface area contributed by atoms with E-state index in [0.717, 1.165) is 13.0 Å². The average Bonchev–Trinajstić information content (AvgIpc) is 2.34. The van der Waals surface area contributed by atoms with Gasteiger partial charge < -0.3 is 5.32 Å². The molecule has 0 bridgehead atoms. The van der Waals surface area contributed by atoms with Crippen LogP contribution >= 0.6 is 0 Å². The van der Waals surface area contributed by atoms with E-state index in [0.29, 0.717) is 0 Å². The quantitative estimate of drug-likeness (QED) is 0.659. The highest BCUT2D eigenvalue weighted by atomic mass is 14.8. The minimum atomic E-state index is 1.14. The maximum Gasteiger partial charge on any atom is -0.00488 e. The van der Waals surface area contributed by atoms with Gasteiger partial charge in [0.05, 0.1) is 0 Å². The monoisotopic (exact) mass is 219 g/mol. The maximum absolute atomic E-state index is 3.44. The number of hydrogen-bond acceptors (Lipinski definition) is 1. The first kappa shape index (κ1) is 13.2. The van der Waals surface area contributed by atoms with E-state index in [9.17, 15) is 0 Å². The Bertz CT molecular complexity index is 263. The Labute approximate surface area is 100 Å². The van der Waals surface area contributed by atoms with Gasteiger partial charge in [-0.3, -0.25) is 0 Å². The van der Waals surface area contributed by atoms with Crippen LogP contribution in [0.15, 0.2) is 24.3 Å². The molecular weight excluding hydrogens is 194 g/mol. The van der Waals surface area contributed by atoms with Crippen molar-refractivity contribution in [2.75, 3.05) is 13.1 Å². The lowest BCUT2D eigenvalue weighted by Crippen LogP contribution is -2.15. The number of aryl methyl sites for hydroxylation is 2. The molecule has 0 aliphatic heterocycles. The Morgan fingerprint density at radius 2 is 1.56 bits per heavy atom. The molecule has 0 aromatic heterocycles. The van der Waals surface area contributed by atoms with Crippen LogP contribution in [-0.2, 0) is 12.8 Å². The van der Waals surface area contributed by atoms with Crippen LogP contribution in [0.25, 0.3) is 0 Å². The van der Waals surface area contributed by atoms with Crippen molar-refractivity contribution < 1.29 is 0 Å². The summed E-state index contributed by atoms with van der Waals surface area (Å²) in [6.07, 6.45) is 6.18. The first-order valence-corrected chi connectivity index (χ1v) is 6.65. The average molecular weight is 219 g/mol. The molecular formula is C15H25N. The van der Waals surface area contributed by atoms with Crippen LogP contribution in [0.1, 0.15) is 44.2 Å². The molecule has 0 atom stereocenters. The van der Waals surface area contributed by atoms with Crippen LogP contribution < -0.4 is 5.32 Å². The predicted octanol–water partition coefficient (Wildman–Crippen LogP) is 3.57. The van der Waals surface area contributed by atoms with E-state index in [1.807, 2.05) is 0 Å². The van der Waals surface area contributed by atoms with Gasteiger partial charge in [-0.15, -0.1) is 0 Å². The van der Waals surface area contributed by atoms with Crippen molar-refractivity contribution in [3.8, 4) is 0 Å². The summed E-state index contributed by atoms with van der Waals surface area (Å²) in [7, 11) is 0. The Morgan fingerprint density at radius 3 is 2.19 bits per heavy atom. The second-order valence-corrected chi connectivity index (χ2v) is 4.38. The van der Waals surface area contributed by atoms with Crippen molar-refractivity contribution in [3.05, 3.63) is 35.4 Å². The number of hydrogen-bond donors (Lipinski definition) is 1. The molecule has 0 unspecified atom stereocenters. The van der Waals surface area contributed by atoms with Crippen molar-refractivity contribution >= 4 is 0 Å². The highest BCUT2D eigenvalue weighted by Crippen LogP contribution is 2.08. The summed E-state index contributed by atoms with van der Waals surface area (Å²) in [5.74, 6) is 0. The molecule has 0 heterocycles. The van der Waals surface area contributed by atoms with Crippen molar-refractivity contribution in [1.29, 1.82) is 0 Å². The Hall–Kier alpha value is -0.820. The zero-order valence-electron chi connectivity index (χ0n) is 10.8. The fourth-order valence-electron chi connectivity index (χ4n) is 1.82. The number of rotatable bonds is 8. The molecule has 0 radical (unpaired) electrons. The van der Waals surface area contributed by atoms with E-state index in [4.69, 9.17) is 0 Å². The van der Waals surface area contributed by atoms with Gasteiger partial charge in [-0.1, -0.05) is 38.1 Å². The van der Waals surface area contributed by atoms with Crippen molar-refractivity contribution in [1.82, 2.24) is 5.32 Å². The third-order valence-electron chi connectivity index (χ3n) is 2.93. The Balaban J connectivity index is 2.12. The molecule has 0 fully saturated rings. The van der Waals surface area contributed by atoms with Gasteiger partial charge in [-0.25, -0.2) is 0 Å². The minimum Gasteiger partial charge on any atom is -0.317 e. The van der Waals surface area contributed by atoms with Gasteiger partial charge in [-0.05, 0) is 56.3 Å². The van der Waals surface area contributed by atoms with Crippen LogP contribution in [0.4, 0.5) is 0 Å². The predicted molar refractivity (Wildman–Crippen MR) is 71.9 cm³/mol. The molecule has 1 heteroatoms. The lowest BCUT2D eigenvalue weighted by Gasteiger charge is -2.04. The molecule has 1 aromatic carbocycles. The molecule has 0 aliphatic rings. The largest absolute Gasteiger partial charge is 0.317 e. The molecule has 1 N–H and O–H groups in total. The van der Waals surface area contributed by atoms with Crippen LogP contribution in [0, 0.1) is 0 Å². The van der Waals surface area contributed by atoms with Gasteiger partial charge in [0.1, 0.15) is 0 Å². The lowest BCUT2D eigenvalue weighted by molar-refractivity contribution is 0.617. The smallest absolute Gasteiger partial charge is 0.00488 e. The summed E-state index contributed by atoms with van der Waals surface area (Å²) >= 11 is 0. The summed E-state index contributed by atoms with van der Waals surface area (Å²) < 4.78 is 0. The van der Waals surface area contributed by atoms with Crippen LogP contribution in [0.5, 0.6) is 0 Å². The van der Waals surface area contributed by atoms with E-state index < -0.39 is 0 Å². The zero-order valence-corrected chi connectivity index (χ0v) is 10.8. The molecule has 0 saturated carbocycles. The number of unbranched alkanes of at least 4 members (excludes halogenated alkanes) is 1.